The molecule has 554 valence electrons. The van der Waals surface area contributed by atoms with Crippen molar-refractivity contribution in [3.8, 4) is 11.1 Å². The summed E-state index contributed by atoms with van der Waals surface area (Å²) in [5, 5.41) is 23.8. The van der Waals surface area contributed by atoms with Crippen LogP contribution in [0.3, 0.4) is 0 Å². The van der Waals surface area contributed by atoms with Crippen molar-refractivity contribution in [2.45, 2.75) is 200 Å². The molecule has 11 atom stereocenters. The van der Waals surface area contributed by atoms with Crippen LogP contribution in [0.1, 0.15) is 143 Å². The lowest BCUT2D eigenvalue weighted by molar-refractivity contribution is -0.153. The third-order valence-electron chi connectivity index (χ3n) is 19.3. The van der Waals surface area contributed by atoms with Crippen LogP contribution in [-0.4, -0.2) is 245 Å². The molecule has 0 spiro atoms. The highest BCUT2D eigenvalue weighted by atomic mass is 16.6. The van der Waals surface area contributed by atoms with Crippen molar-refractivity contribution >= 4 is 71.1 Å². The fraction of sp³-hybridized carbons (Fsp3) is 0.595. The molecule has 2 heterocycles. The summed E-state index contributed by atoms with van der Waals surface area (Å²) in [6.07, 6.45) is 1.16. The van der Waals surface area contributed by atoms with E-state index in [0.717, 1.165) is 51.3 Å². The third-order valence-corrected chi connectivity index (χ3v) is 19.3. The van der Waals surface area contributed by atoms with Gasteiger partial charge in [0, 0.05) is 73.6 Å². The lowest BCUT2D eigenvalue weighted by Gasteiger charge is -2.39. The highest BCUT2D eigenvalue weighted by molar-refractivity contribution is 5.99. The van der Waals surface area contributed by atoms with Crippen LogP contribution in [0.25, 0.3) is 11.1 Å². The molecule has 27 heteroatoms. The van der Waals surface area contributed by atoms with E-state index in [0.29, 0.717) is 25.1 Å². The van der Waals surface area contributed by atoms with E-state index in [1.165, 1.54) is 82.5 Å². The number of nitrogens with one attached hydrogen (secondary N) is 5. The van der Waals surface area contributed by atoms with Gasteiger partial charge in [-0.05, 0) is 118 Å². The Kier molecular flexibility index (Phi) is 29.7. The van der Waals surface area contributed by atoms with Gasteiger partial charge >= 0.3 is 6.09 Å². The molecule has 2 saturated heterocycles. The molecule has 2 fully saturated rings. The number of amides is 12. The number of likely N-dealkylation sites (N-methyl/N-ethyl adjacent to an activating group) is 5. The molecule has 2 aliphatic heterocycles. The minimum atomic E-state index is -1.39. The van der Waals surface area contributed by atoms with Crippen LogP contribution < -0.4 is 32.3 Å². The largest absolute Gasteiger partial charge is 0.448 e. The Labute approximate surface area is 594 Å². The van der Waals surface area contributed by atoms with Crippen molar-refractivity contribution in [3.63, 3.8) is 0 Å². The topological polar surface area (TPSA) is 343 Å². The number of likely N-dealkylation sites (tertiary alicyclic amines) is 2. The normalized spacial score (nSPS) is 17.2. The Morgan fingerprint density at radius 2 is 1.08 bits per heavy atom. The predicted octanol–water partition coefficient (Wildman–Crippen LogP) is 3.34. The van der Waals surface area contributed by atoms with E-state index >= 15 is 0 Å². The van der Waals surface area contributed by atoms with Crippen molar-refractivity contribution in [1.29, 1.82) is 0 Å². The summed E-state index contributed by atoms with van der Waals surface area (Å²) < 4.78 is 5.79. The van der Waals surface area contributed by atoms with E-state index in [4.69, 9.17) is 10.5 Å². The first kappa shape index (κ1) is 81.0. The molecule has 1 unspecified atom stereocenters. The Balaban J connectivity index is 1.04. The second kappa shape index (κ2) is 37.1. The molecular formula is C74H109N13O14. The van der Waals surface area contributed by atoms with Gasteiger partial charge in [0.2, 0.25) is 65.0 Å². The Morgan fingerprint density at radius 1 is 0.535 bits per heavy atom. The summed E-state index contributed by atoms with van der Waals surface area (Å²) in [5.41, 5.74) is 10.6. The molecule has 0 radical (unpaired) electrons. The van der Waals surface area contributed by atoms with E-state index < -0.39 is 144 Å². The number of carbonyl (C=O) groups is 12. The van der Waals surface area contributed by atoms with Gasteiger partial charge in [0.25, 0.3) is 0 Å². The van der Waals surface area contributed by atoms with Crippen LogP contribution >= 0.6 is 0 Å². The van der Waals surface area contributed by atoms with Crippen molar-refractivity contribution in [3.05, 3.63) is 95.6 Å². The van der Waals surface area contributed by atoms with Crippen LogP contribution in [-0.2, 0) is 63.9 Å². The molecule has 6 rings (SSSR count). The molecule has 3 aromatic rings. The number of hydrogen-bond donors (Lipinski definition) is 7. The zero-order valence-electron chi connectivity index (χ0n) is 61.5. The third kappa shape index (κ3) is 21.3. The van der Waals surface area contributed by atoms with Gasteiger partial charge < -0.3 is 71.6 Å². The number of aliphatic hydroxyl groups excluding tert-OH is 1. The molecule has 3 aromatic carbocycles. The van der Waals surface area contributed by atoms with Crippen LogP contribution in [0.15, 0.2) is 78.9 Å². The SMILES string of the molecule is CC(C)C[C@H](NC(=O)[C@H](C)N(C)C(=O)OCC1c2ccccc2-c2ccccc21)C(=O)N(C)CC(=O)N[C@@H](C)C(=O)N[C@@H](CC(C)C)C(=O)N(C)[C@@H](Cc1ccccc1)C(=O)N[C@@H](C)C(=O)N1CCC[C@H]1C(=O)N[C@@H](C)C(=O)N(C)[C@H](C(=O)N(C)[C@@H](CC(N)O)C(=O)N1CCCCC1)C(C)C. The Bertz CT molecular complexity index is 3370. The van der Waals surface area contributed by atoms with Crippen LogP contribution in [0.4, 0.5) is 4.79 Å². The number of fused-ring (bicyclic) bond motifs is 3. The van der Waals surface area contributed by atoms with Gasteiger partial charge in [-0.25, -0.2) is 4.79 Å². The van der Waals surface area contributed by atoms with E-state index in [-0.39, 0.29) is 68.9 Å². The molecule has 0 aromatic heterocycles. The average molecular weight is 1400 g/mol. The first-order valence-electron chi connectivity index (χ1n) is 35.4. The van der Waals surface area contributed by atoms with E-state index in [1.807, 2.05) is 76.2 Å². The molecule has 3 aliphatic rings. The predicted molar refractivity (Wildman–Crippen MR) is 380 cm³/mol. The van der Waals surface area contributed by atoms with Gasteiger partial charge in [-0.15, -0.1) is 0 Å². The average Bonchev–Trinajstić information content (AvgIpc) is 1.63. The highest BCUT2D eigenvalue weighted by Crippen LogP contribution is 2.44. The number of carbonyl (C=O) groups excluding carboxylic acids is 12. The quantitative estimate of drug-likeness (QED) is 0.0441. The molecule has 1 aliphatic carbocycles. The van der Waals surface area contributed by atoms with Gasteiger partial charge in [-0.3, -0.25) is 57.6 Å². The summed E-state index contributed by atoms with van der Waals surface area (Å²) in [5.74, 6) is -7.75. The Morgan fingerprint density at radius 3 is 1.64 bits per heavy atom. The van der Waals surface area contributed by atoms with Crippen molar-refractivity contribution in [1.82, 2.24) is 60.9 Å². The summed E-state index contributed by atoms with van der Waals surface area (Å²) in [6, 6.07) is 13.2. The van der Waals surface area contributed by atoms with Crippen molar-refractivity contribution in [2.24, 2.45) is 23.5 Å². The zero-order chi connectivity index (χ0) is 74.9. The molecule has 0 saturated carbocycles. The van der Waals surface area contributed by atoms with Crippen molar-refractivity contribution < 1.29 is 67.4 Å². The maximum atomic E-state index is 14.7. The fourth-order valence-corrected chi connectivity index (χ4v) is 13.5. The molecule has 12 amide bonds. The van der Waals surface area contributed by atoms with Gasteiger partial charge in [0.15, 0.2) is 0 Å². The lowest BCUT2D eigenvalue weighted by atomic mass is 9.98. The number of benzene rings is 3. The first-order chi connectivity index (χ1) is 47.6. The van der Waals surface area contributed by atoms with E-state index in [1.54, 1.807) is 49.1 Å². The summed E-state index contributed by atoms with van der Waals surface area (Å²) in [4.78, 5) is 178. The minimum Gasteiger partial charge on any atom is -0.448 e. The van der Waals surface area contributed by atoms with Crippen LogP contribution in [0.5, 0.6) is 0 Å². The summed E-state index contributed by atoms with van der Waals surface area (Å²) in [6.45, 7) is 17.4. The fourth-order valence-electron chi connectivity index (χ4n) is 13.5. The van der Waals surface area contributed by atoms with Crippen molar-refractivity contribution in [2.75, 3.05) is 68.0 Å². The molecule has 8 N–H and O–H groups in total. The first-order valence-corrected chi connectivity index (χ1v) is 35.4. The summed E-state index contributed by atoms with van der Waals surface area (Å²) >= 11 is 0. The number of aliphatic hydroxyl groups is 1. The number of rotatable bonds is 32. The van der Waals surface area contributed by atoms with Crippen LogP contribution in [0.2, 0.25) is 0 Å². The minimum absolute atomic E-state index is 0.0151. The molecule has 0 bridgehead atoms. The summed E-state index contributed by atoms with van der Waals surface area (Å²) in [7, 11) is 7.11. The van der Waals surface area contributed by atoms with Gasteiger partial charge in [-0.1, -0.05) is 120 Å². The van der Waals surface area contributed by atoms with Gasteiger partial charge in [0.05, 0.1) is 6.54 Å². The van der Waals surface area contributed by atoms with E-state index in [9.17, 15) is 62.6 Å². The zero-order valence-corrected chi connectivity index (χ0v) is 61.5. The van der Waals surface area contributed by atoms with Crippen LogP contribution in [0, 0.1) is 17.8 Å². The monoisotopic (exact) mass is 1400 g/mol. The van der Waals surface area contributed by atoms with Gasteiger partial charge in [-0.2, -0.15) is 0 Å². The molecular weight excluding hydrogens is 1290 g/mol. The number of nitrogens with two attached hydrogens (primary N) is 1. The highest BCUT2D eigenvalue weighted by Gasteiger charge is 2.43. The van der Waals surface area contributed by atoms with E-state index in [2.05, 4.69) is 26.6 Å². The number of ether oxygens (including phenoxy) is 1. The number of hydrogen-bond acceptors (Lipinski definition) is 15. The Hall–Kier alpha value is -8.98. The maximum absolute atomic E-state index is 14.7. The smallest absolute Gasteiger partial charge is 0.410 e. The molecule has 101 heavy (non-hydrogen) atoms. The number of piperidine rings is 1. The number of nitrogens with zero attached hydrogens (tertiary/aromatic N) is 7. The molecule has 27 nitrogen and oxygen atoms in total. The standard InChI is InChI=1S/C74H109N13O14/c1-43(2)37-56(80-65(91)49(10)82(12)74(100)101-42-55-53-31-22-20-29-51(53)52-30-21-23-32-54(52)55)70(96)81(11)41-62(89)76-46(7)64(90)79-57(38-44(3)4)71(97)83(13)59(39-50-27-18-16-19-28-50)67(93)78-48(9)69(95)87-36-26-33-58(87)66(92)77-47(8)68(94)85(15)63(45(5)6)73(99)84(14)60(40-61(75)88)72(98)86-34-24-17-25-35-86/h16,18-23,27-32,43-49,55-61,63,88H,17,24-26,33-42,75H2,1-15H3,(H,76,89)(H,77,92)(H,78,93)(H,79,90)(H,80,91)/t46-,47-,48-,49-,56-,57-,58-,59-,60-,61?,63-/m0/s1. The maximum Gasteiger partial charge on any atom is 0.410 e. The van der Waals surface area contributed by atoms with Gasteiger partial charge in [0.1, 0.15) is 73.3 Å². The lowest BCUT2D eigenvalue weighted by Crippen LogP contribution is -2.60. The second-order valence-corrected chi connectivity index (χ2v) is 28.6. The second-order valence-electron chi connectivity index (χ2n) is 28.6.